The number of alkyl halides is 1. The molecule has 2 heterocycles. The van der Waals surface area contributed by atoms with Gasteiger partial charge < -0.3 is 10.2 Å². The zero-order valence-corrected chi connectivity index (χ0v) is 7.91. The standard InChI is InChI=1S/C8H11ClN4/c9-7-6-10-4-5-13(7)8-11-2-1-3-12-8/h1-3,7,10H,4-6H2. The zero-order chi connectivity index (χ0) is 9.10. The molecule has 1 aromatic rings. The lowest BCUT2D eigenvalue weighted by Gasteiger charge is -2.31. The molecule has 4 nitrogen and oxygen atoms in total. The van der Waals surface area contributed by atoms with E-state index in [0.29, 0.717) is 5.95 Å². The van der Waals surface area contributed by atoms with E-state index in [0.717, 1.165) is 19.6 Å². The lowest BCUT2D eigenvalue weighted by Crippen LogP contribution is -2.49. The Bertz CT molecular complexity index is 266. The highest BCUT2D eigenvalue weighted by atomic mass is 35.5. The van der Waals surface area contributed by atoms with Crippen LogP contribution in [0.25, 0.3) is 0 Å². The number of nitrogens with one attached hydrogen (secondary N) is 1. The van der Waals surface area contributed by atoms with E-state index in [-0.39, 0.29) is 5.50 Å². The molecule has 13 heavy (non-hydrogen) atoms. The third-order valence-corrected chi connectivity index (χ3v) is 2.38. The molecule has 0 radical (unpaired) electrons. The molecule has 70 valence electrons. The Morgan fingerprint density at radius 2 is 2.23 bits per heavy atom. The SMILES string of the molecule is ClC1CNCCN1c1ncccn1. The first-order valence-corrected chi connectivity index (χ1v) is 4.70. The third-order valence-electron chi connectivity index (χ3n) is 1.99. The van der Waals surface area contributed by atoms with Crippen molar-refractivity contribution in [2.75, 3.05) is 24.5 Å². The first kappa shape index (κ1) is 8.72. The summed E-state index contributed by atoms with van der Waals surface area (Å²) in [5.41, 5.74) is -0.0452. The number of rotatable bonds is 1. The van der Waals surface area contributed by atoms with Crippen LogP contribution >= 0.6 is 11.6 Å². The van der Waals surface area contributed by atoms with Gasteiger partial charge in [0.2, 0.25) is 5.95 Å². The first-order valence-electron chi connectivity index (χ1n) is 4.26. The van der Waals surface area contributed by atoms with Crippen LogP contribution in [0.3, 0.4) is 0 Å². The van der Waals surface area contributed by atoms with Gasteiger partial charge in [0.05, 0.1) is 0 Å². The van der Waals surface area contributed by atoms with Crippen LogP contribution in [0.15, 0.2) is 18.5 Å². The molecule has 0 aromatic carbocycles. The Hall–Kier alpha value is -0.870. The molecule has 1 fully saturated rings. The molecule has 0 aliphatic carbocycles. The van der Waals surface area contributed by atoms with E-state index in [9.17, 15) is 0 Å². The molecule has 1 aliphatic rings. The molecular weight excluding hydrogens is 188 g/mol. The summed E-state index contributed by atoms with van der Waals surface area (Å²) in [5.74, 6) is 0.712. The lowest BCUT2D eigenvalue weighted by molar-refractivity contribution is 0.550. The monoisotopic (exact) mass is 198 g/mol. The number of aromatic nitrogens is 2. The van der Waals surface area contributed by atoms with E-state index in [2.05, 4.69) is 15.3 Å². The topological polar surface area (TPSA) is 41.0 Å². The number of nitrogens with zero attached hydrogens (tertiary/aromatic N) is 3. The molecule has 1 aliphatic heterocycles. The van der Waals surface area contributed by atoms with Crippen LogP contribution in [0, 0.1) is 0 Å². The summed E-state index contributed by atoms with van der Waals surface area (Å²) < 4.78 is 0. The van der Waals surface area contributed by atoms with Crippen molar-refractivity contribution in [3.05, 3.63) is 18.5 Å². The number of halogens is 1. The highest BCUT2D eigenvalue weighted by Gasteiger charge is 2.21. The van der Waals surface area contributed by atoms with E-state index >= 15 is 0 Å². The second-order valence-electron chi connectivity index (χ2n) is 2.88. The Balaban J connectivity index is 2.15. The van der Waals surface area contributed by atoms with Crippen LogP contribution in [-0.4, -0.2) is 35.1 Å². The van der Waals surface area contributed by atoms with Crippen LogP contribution in [0.2, 0.25) is 0 Å². The van der Waals surface area contributed by atoms with Gasteiger partial charge in [-0.3, -0.25) is 0 Å². The number of anilines is 1. The maximum Gasteiger partial charge on any atom is 0.226 e. The minimum Gasteiger partial charge on any atom is -0.322 e. The summed E-state index contributed by atoms with van der Waals surface area (Å²) in [5, 5.41) is 3.21. The molecule has 0 saturated carbocycles. The van der Waals surface area contributed by atoms with Crippen LogP contribution < -0.4 is 10.2 Å². The van der Waals surface area contributed by atoms with Gasteiger partial charge in [0, 0.05) is 32.0 Å². The van der Waals surface area contributed by atoms with Gasteiger partial charge >= 0.3 is 0 Å². The molecule has 1 N–H and O–H groups in total. The van der Waals surface area contributed by atoms with Crippen molar-refractivity contribution >= 4 is 17.5 Å². The average molecular weight is 199 g/mol. The molecule has 0 spiro atoms. The normalized spacial score (nSPS) is 23.2. The predicted octanol–water partition coefficient (Wildman–Crippen LogP) is 0.451. The molecule has 5 heteroatoms. The van der Waals surface area contributed by atoms with Crippen LogP contribution in [-0.2, 0) is 0 Å². The molecule has 1 unspecified atom stereocenters. The minimum atomic E-state index is -0.0452. The fourth-order valence-electron chi connectivity index (χ4n) is 1.34. The van der Waals surface area contributed by atoms with Crippen molar-refractivity contribution in [2.45, 2.75) is 5.50 Å². The Morgan fingerprint density at radius 3 is 2.92 bits per heavy atom. The smallest absolute Gasteiger partial charge is 0.226 e. The summed E-state index contributed by atoms with van der Waals surface area (Å²) in [6.45, 7) is 2.57. The molecule has 1 aromatic heterocycles. The van der Waals surface area contributed by atoms with Gasteiger partial charge in [0.15, 0.2) is 0 Å². The molecular formula is C8H11ClN4. The fraction of sp³-hybridized carbons (Fsp3) is 0.500. The second kappa shape index (κ2) is 3.89. The van der Waals surface area contributed by atoms with E-state index in [1.165, 1.54) is 0 Å². The predicted molar refractivity (Wildman–Crippen MR) is 51.9 cm³/mol. The summed E-state index contributed by atoms with van der Waals surface area (Å²) in [7, 11) is 0. The van der Waals surface area contributed by atoms with Gasteiger partial charge in [0.1, 0.15) is 5.50 Å². The van der Waals surface area contributed by atoms with Crippen LogP contribution in [0.1, 0.15) is 0 Å². The Morgan fingerprint density at radius 1 is 1.46 bits per heavy atom. The number of hydrogen-bond acceptors (Lipinski definition) is 4. The zero-order valence-electron chi connectivity index (χ0n) is 7.15. The van der Waals surface area contributed by atoms with Gasteiger partial charge in [-0.2, -0.15) is 0 Å². The fourth-order valence-corrected chi connectivity index (χ4v) is 1.63. The summed E-state index contributed by atoms with van der Waals surface area (Å²) >= 11 is 6.10. The van der Waals surface area contributed by atoms with Crippen molar-refractivity contribution in [1.82, 2.24) is 15.3 Å². The largest absolute Gasteiger partial charge is 0.322 e. The van der Waals surface area contributed by atoms with Gasteiger partial charge in [-0.15, -0.1) is 0 Å². The third kappa shape index (κ3) is 1.89. The molecule has 1 saturated heterocycles. The Labute approximate surface area is 81.9 Å². The van der Waals surface area contributed by atoms with E-state index in [1.54, 1.807) is 18.5 Å². The number of piperazine rings is 1. The van der Waals surface area contributed by atoms with Crippen molar-refractivity contribution in [3.63, 3.8) is 0 Å². The molecule has 0 bridgehead atoms. The number of hydrogen-bond donors (Lipinski definition) is 1. The van der Waals surface area contributed by atoms with Crippen molar-refractivity contribution in [1.29, 1.82) is 0 Å². The maximum atomic E-state index is 6.10. The summed E-state index contributed by atoms with van der Waals surface area (Å²) in [4.78, 5) is 10.3. The van der Waals surface area contributed by atoms with Crippen LogP contribution in [0.4, 0.5) is 5.95 Å². The van der Waals surface area contributed by atoms with E-state index in [4.69, 9.17) is 11.6 Å². The Kier molecular flexibility index (Phi) is 2.61. The lowest BCUT2D eigenvalue weighted by atomic mass is 10.4. The minimum absolute atomic E-state index is 0.0452. The first-order chi connectivity index (χ1) is 6.38. The van der Waals surface area contributed by atoms with Crippen molar-refractivity contribution < 1.29 is 0 Å². The second-order valence-corrected chi connectivity index (χ2v) is 3.38. The summed E-state index contributed by atoms with van der Waals surface area (Å²) in [6.07, 6.45) is 3.46. The molecule has 1 atom stereocenters. The summed E-state index contributed by atoms with van der Waals surface area (Å²) in [6, 6.07) is 1.80. The quantitative estimate of drug-likeness (QED) is 0.526. The maximum absolute atomic E-state index is 6.10. The van der Waals surface area contributed by atoms with Gasteiger partial charge in [-0.1, -0.05) is 11.6 Å². The van der Waals surface area contributed by atoms with E-state index < -0.39 is 0 Å². The van der Waals surface area contributed by atoms with Gasteiger partial charge in [0.25, 0.3) is 0 Å². The van der Waals surface area contributed by atoms with Gasteiger partial charge in [-0.25, -0.2) is 9.97 Å². The average Bonchev–Trinajstić information content (AvgIpc) is 2.20. The van der Waals surface area contributed by atoms with E-state index in [1.807, 2.05) is 4.90 Å². The van der Waals surface area contributed by atoms with Crippen molar-refractivity contribution in [3.8, 4) is 0 Å². The highest BCUT2D eigenvalue weighted by molar-refractivity contribution is 6.22. The van der Waals surface area contributed by atoms with Crippen LogP contribution in [0.5, 0.6) is 0 Å². The molecule has 0 amide bonds. The van der Waals surface area contributed by atoms with Crippen molar-refractivity contribution in [2.24, 2.45) is 0 Å². The molecule has 2 rings (SSSR count). The van der Waals surface area contributed by atoms with Gasteiger partial charge in [-0.05, 0) is 6.07 Å². The highest BCUT2D eigenvalue weighted by Crippen LogP contribution is 2.13.